The van der Waals surface area contributed by atoms with Crippen molar-refractivity contribution in [1.29, 1.82) is 0 Å². The van der Waals surface area contributed by atoms with Crippen LogP contribution in [0.5, 0.6) is 0 Å². The van der Waals surface area contributed by atoms with Gasteiger partial charge in [0.1, 0.15) is 0 Å². The molecule has 2 N–H and O–H groups in total. The summed E-state index contributed by atoms with van der Waals surface area (Å²) in [5.41, 5.74) is 1.37. The van der Waals surface area contributed by atoms with Crippen LogP contribution in [-0.4, -0.2) is 44.3 Å². The summed E-state index contributed by atoms with van der Waals surface area (Å²) in [5.74, 6) is -0.360. The van der Waals surface area contributed by atoms with Gasteiger partial charge in [-0.15, -0.1) is 0 Å². The minimum atomic E-state index is -3.76. The van der Waals surface area contributed by atoms with E-state index < -0.39 is 10.0 Å². The zero-order valence-electron chi connectivity index (χ0n) is 17.5. The highest BCUT2D eigenvalue weighted by molar-refractivity contribution is 7.92. The highest BCUT2D eigenvalue weighted by Crippen LogP contribution is 2.24. The Hall–Kier alpha value is -2.87. The third-order valence-electron chi connectivity index (χ3n) is 5.75. The van der Waals surface area contributed by atoms with Crippen molar-refractivity contribution in [2.75, 3.05) is 17.8 Å². The van der Waals surface area contributed by atoms with Crippen molar-refractivity contribution in [3.8, 4) is 0 Å². The lowest BCUT2D eigenvalue weighted by Crippen LogP contribution is -2.45. The third kappa shape index (κ3) is 5.07. The van der Waals surface area contributed by atoms with Crippen molar-refractivity contribution in [2.24, 2.45) is 5.92 Å². The molecule has 0 aromatic heterocycles. The van der Waals surface area contributed by atoms with E-state index in [-0.39, 0.29) is 22.6 Å². The molecule has 7 nitrogen and oxygen atoms in total. The molecule has 1 saturated heterocycles. The molecular weight excluding hydrogens is 414 g/mol. The maximum Gasteiger partial charge on any atom is 0.262 e. The van der Waals surface area contributed by atoms with Crippen LogP contribution in [0, 0.1) is 12.8 Å². The normalized spacial score (nSPS) is 19.0. The van der Waals surface area contributed by atoms with Crippen LogP contribution >= 0.6 is 0 Å². The number of piperidine rings is 1. The molecular formula is C23H27N3O4S. The molecule has 2 fully saturated rings. The number of benzene rings is 2. The smallest absolute Gasteiger partial charge is 0.262 e. The molecule has 1 aliphatic carbocycles. The van der Waals surface area contributed by atoms with Crippen LogP contribution in [0.3, 0.4) is 0 Å². The predicted octanol–water partition coefficient (Wildman–Crippen LogP) is 2.93. The molecule has 0 bridgehead atoms. The molecule has 1 heterocycles. The van der Waals surface area contributed by atoms with Gasteiger partial charge in [-0.2, -0.15) is 0 Å². The molecule has 2 aromatic carbocycles. The first-order chi connectivity index (χ1) is 14.8. The fraction of sp³-hybridized carbons (Fsp3) is 0.391. The summed E-state index contributed by atoms with van der Waals surface area (Å²) in [4.78, 5) is 27.4. The van der Waals surface area contributed by atoms with Gasteiger partial charge in [-0.3, -0.25) is 14.3 Å². The second kappa shape index (κ2) is 8.70. The molecule has 0 spiro atoms. The summed E-state index contributed by atoms with van der Waals surface area (Å²) < 4.78 is 28.1. The zero-order valence-corrected chi connectivity index (χ0v) is 18.3. The SMILES string of the molecule is Cc1ccccc1S(=O)(=O)Nc1cccc(C(=O)N2CCCC(C(=O)NC3CC3)C2)c1. The Morgan fingerprint density at radius 3 is 2.55 bits per heavy atom. The highest BCUT2D eigenvalue weighted by Gasteiger charge is 2.32. The van der Waals surface area contributed by atoms with Gasteiger partial charge in [0.25, 0.3) is 15.9 Å². The molecule has 1 aliphatic heterocycles. The molecule has 2 amide bonds. The number of aryl methyl sites for hydroxylation is 1. The fourth-order valence-electron chi connectivity index (χ4n) is 3.89. The summed E-state index contributed by atoms with van der Waals surface area (Å²) in [5, 5.41) is 3.02. The first-order valence-electron chi connectivity index (χ1n) is 10.6. The van der Waals surface area contributed by atoms with E-state index in [9.17, 15) is 18.0 Å². The number of nitrogens with one attached hydrogen (secondary N) is 2. The van der Waals surface area contributed by atoms with E-state index in [1.54, 1.807) is 60.4 Å². The molecule has 2 aliphatic rings. The molecule has 0 radical (unpaired) electrons. The van der Waals surface area contributed by atoms with Gasteiger partial charge in [0.05, 0.1) is 10.8 Å². The van der Waals surface area contributed by atoms with Crippen LogP contribution in [-0.2, 0) is 14.8 Å². The Bertz CT molecular complexity index is 1100. The van der Waals surface area contributed by atoms with E-state index in [0.29, 0.717) is 35.9 Å². The van der Waals surface area contributed by atoms with Gasteiger partial charge >= 0.3 is 0 Å². The quantitative estimate of drug-likeness (QED) is 0.721. The molecule has 1 saturated carbocycles. The second-order valence-electron chi connectivity index (χ2n) is 8.32. The first-order valence-corrected chi connectivity index (χ1v) is 12.1. The molecule has 2 aromatic rings. The van der Waals surface area contributed by atoms with Crippen molar-refractivity contribution in [2.45, 2.75) is 43.5 Å². The van der Waals surface area contributed by atoms with Crippen LogP contribution in [0.1, 0.15) is 41.6 Å². The minimum Gasteiger partial charge on any atom is -0.353 e. The molecule has 31 heavy (non-hydrogen) atoms. The molecule has 1 atom stereocenters. The predicted molar refractivity (Wildman–Crippen MR) is 118 cm³/mol. The number of anilines is 1. The number of carbonyl (C=O) groups excluding carboxylic acids is 2. The van der Waals surface area contributed by atoms with Gasteiger partial charge in [-0.05, 0) is 62.4 Å². The second-order valence-corrected chi connectivity index (χ2v) is 9.98. The van der Waals surface area contributed by atoms with Crippen LogP contribution in [0.25, 0.3) is 0 Å². The molecule has 4 rings (SSSR count). The Labute approximate surface area is 182 Å². The summed E-state index contributed by atoms with van der Waals surface area (Å²) >= 11 is 0. The lowest BCUT2D eigenvalue weighted by atomic mass is 9.96. The number of amides is 2. The van der Waals surface area contributed by atoms with E-state index in [4.69, 9.17) is 0 Å². The van der Waals surface area contributed by atoms with Gasteiger partial charge < -0.3 is 10.2 Å². The standard InChI is InChI=1S/C23H27N3O4S/c1-16-6-2-3-10-21(16)31(29,30)25-20-9-4-7-17(14-20)23(28)26-13-5-8-18(15-26)22(27)24-19-11-12-19/h2-4,6-7,9-10,14,18-19,25H,5,8,11-13,15H2,1H3,(H,24,27). The van der Waals surface area contributed by atoms with Crippen molar-refractivity contribution in [3.63, 3.8) is 0 Å². The van der Waals surface area contributed by atoms with Crippen molar-refractivity contribution >= 4 is 27.5 Å². The summed E-state index contributed by atoms with van der Waals surface area (Å²) in [6.45, 7) is 2.71. The van der Waals surface area contributed by atoms with E-state index in [2.05, 4.69) is 10.0 Å². The van der Waals surface area contributed by atoms with E-state index >= 15 is 0 Å². The Kier molecular flexibility index (Phi) is 6.00. The maximum absolute atomic E-state index is 13.1. The topological polar surface area (TPSA) is 95.6 Å². The van der Waals surface area contributed by atoms with E-state index in [1.807, 2.05) is 0 Å². The number of nitrogens with zero attached hydrogens (tertiary/aromatic N) is 1. The third-order valence-corrected chi connectivity index (χ3v) is 7.29. The largest absolute Gasteiger partial charge is 0.353 e. The fourth-order valence-corrected chi connectivity index (χ4v) is 5.19. The number of rotatable bonds is 6. The van der Waals surface area contributed by atoms with Gasteiger partial charge in [0.15, 0.2) is 0 Å². The molecule has 164 valence electrons. The summed E-state index contributed by atoms with van der Waals surface area (Å²) in [6.07, 6.45) is 3.62. The first kappa shape index (κ1) is 21.4. The van der Waals surface area contributed by atoms with Crippen molar-refractivity contribution < 1.29 is 18.0 Å². The highest BCUT2D eigenvalue weighted by atomic mass is 32.2. The van der Waals surface area contributed by atoms with Crippen LogP contribution < -0.4 is 10.0 Å². The van der Waals surface area contributed by atoms with Crippen LogP contribution in [0.15, 0.2) is 53.4 Å². The van der Waals surface area contributed by atoms with Gasteiger partial charge in [-0.25, -0.2) is 8.42 Å². The zero-order chi connectivity index (χ0) is 22.0. The lowest BCUT2D eigenvalue weighted by Gasteiger charge is -2.32. The Morgan fingerprint density at radius 2 is 1.81 bits per heavy atom. The average Bonchev–Trinajstić information content (AvgIpc) is 3.57. The number of hydrogen-bond donors (Lipinski definition) is 2. The van der Waals surface area contributed by atoms with Gasteiger partial charge in [0.2, 0.25) is 5.91 Å². The maximum atomic E-state index is 13.1. The van der Waals surface area contributed by atoms with Gasteiger partial charge in [0, 0.05) is 30.4 Å². The number of carbonyl (C=O) groups is 2. The van der Waals surface area contributed by atoms with Crippen LogP contribution in [0.2, 0.25) is 0 Å². The van der Waals surface area contributed by atoms with Crippen molar-refractivity contribution in [3.05, 3.63) is 59.7 Å². The van der Waals surface area contributed by atoms with E-state index in [0.717, 1.165) is 25.7 Å². The average molecular weight is 442 g/mol. The Morgan fingerprint density at radius 1 is 1.03 bits per heavy atom. The summed E-state index contributed by atoms with van der Waals surface area (Å²) in [6, 6.07) is 13.5. The van der Waals surface area contributed by atoms with Gasteiger partial charge in [-0.1, -0.05) is 24.3 Å². The number of likely N-dealkylation sites (tertiary alicyclic amines) is 1. The number of sulfonamides is 1. The minimum absolute atomic E-state index is 0.0275. The molecule has 1 unspecified atom stereocenters. The number of hydrogen-bond acceptors (Lipinski definition) is 4. The summed E-state index contributed by atoms with van der Waals surface area (Å²) in [7, 11) is -3.76. The Balaban J connectivity index is 1.46. The molecule has 8 heteroatoms. The monoisotopic (exact) mass is 441 g/mol. The lowest BCUT2D eigenvalue weighted by molar-refractivity contribution is -0.126. The van der Waals surface area contributed by atoms with Crippen LogP contribution in [0.4, 0.5) is 5.69 Å². The van der Waals surface area contributed by atoms with Crippen molar-refractivity contribution in [1.82, 2.24) is 10.2 Å². The van der Waals surface area contributed by atoms with E-state index in [1.165, 1.54) is 0 Å².